The van der Waals surface area contributed by atoms with Crippen molar-refractivity contribution in [2.45, 2.75) is 19.6 Å². The van der Waals surface area contributed by atoms with E-state index in [9.17, 15) is 18.0 Å². The van der Waals surface area contributed by atoms with Crippen LogP contribution in [0.1, 0.15) is 24.6 Å². The Kier molecular flexibility index (Phi) is 7.23. The average Bonchev–Trinajstić information content (AvgIpc) is 2.37. The minimum absolute atomic E-state index is 0. The lowest BCUT2D eigenvalue weighted by Gasteiger charge is -2.17. The van der Waals surface area contributed by atoms with Crippen molar-refractivity contribution in [1.29, 1.82) is 0 Å². The van der Waals surface area contributed by atoms with Gasteiger partial charge in [0.05, 0.1) is 12.2 Å². The largest absolute Gasteiger partial charge is 0.416 e. The fourth-order valence-corrected chi connectivity index (χ4v) is 1.55. The van der Waals surface area contributed by atoms with Gasteiger partial charge in [0.1, 0.15) is 6.04 Å². The number of halogens is 3. The maximum atomic E-state index is 12.8. The van der Waals surface area contributed by atoms with E-state index >= 15 is 0 Å². The van der Waals surface area contributed by atoms with Crippen molar-refractivity contribution in [3.8, 4) is 0 Å². The molecule has 114 valence electrons. The molecule has 0 aromatic heterocycles. The Labute approximate surface area is 116 Å². The van der Waals surface area contributed by atoms with Crippen LogP contribution in [0, 0.1) is 0 Å². The highest BCUT2D eigenvalue weighted by atomic mass is 19.4. The van der Waals surface area contributed by atoms with Gasteiger partial charge in [-0.3, -0.25) is 4.79 Å². The monoisotopic (exact) mass is 292 g/mol. The summed E-state index contributed by atoms with van der Waals surface area (Å²) in [5.41, 5.74) is 4.42. The summed E-state index contributed by atoms with van der Waals surface area (Å²) in [6, 6.07) is 3.39. The zero-order chi connectivity index (χ0) is 14.5. The van der Waals surface area contributed by atoms with Gasteiger partial charge in [0.2, 0.25) is 5.91 Å². The highest BCUT2D eigenvalue weighted by Gasteiger charge is 2.35. The van der Waals surface area contributed by atoms with Gasteiger partial charge in [-0.05, 0) is 11.6 Å². The van der Waals surface area contributed by atoms with Gasteiger partial charge in [-0.25, -0.2) is 0 Å². The quantitative estimate of drug-likeness (QED) is 0.817. The van der Waals surface area contributed by atoms with Crippen molar-refractivity contribution in [2.24, 2.45) is 5.73 Å². The molecule has 0 radical (unpaired) electrons. The molecule has 20 heavy (non-hydrogen) atoms. The molecular formula is C13H19F3N2O2. The van der Waals surface area contributed by atoms with Crippen molar-refractivity contribution >= 4 is 5.91 Å². The number of benzene rings is 1. The minimum Gasteiger partial charge on any atom is -0.383 e. The number of hydrogen-bond donors (Lipinski definition) is 2. The van der Waals surface area contributed by atoms with E-state index in [1.807, 2.05) is 0 Å². The number of rotatable bonds is 5. The summed E-state index contributed by atoms with van der Waals surface area (Å²) in [5, 5.41) is 2.40. The number of methoxy groups -OCH3 is 1. The van der Waals surface area contributed by atoms with Crippen molar-refractivity contribution < 1.29 is 22.7 Å². The van der Waals surface area contributed by atoms with Crippen LogP contribution >= 0.6 is 0 Å². The molecular weight excluding hydrogens is 273 g/mol. The number of hydrogen-bond acceptors (Lipinski definition) is 3. The van der Waals surface area contributed by atoms with Crippen LogP contribution in [0.2, 0.25) is 0 Å². The number of amides is 1. The third-order valence-electron chi connectivity index (χ3n) is 2.49. The minimum atomic E-state index is -4.54. The van der Waals surface area contributed by atoms with E-state index in [4.69, 9.17) is 10.5 Å². The number of ether oxygens (including phenoxy) is 1. The molecule has 0 fully saturated rings. The SMILES string of the molecule is C.COCCNC(=O)C(N)c1ccccc1C(F)(F)F. The zero-order valence-corrected chi connectivity index (χ0v) is 10.3. The fraction of sp³-hybridized carbons (Fsp3) is 0.462. The van der Waals surface area contributed by atoms with Gasteiger partial charge in [0.15, 0.2) is 0 Å². The number of alkyl halides is 3. The highest BCUT2D eigenvalue weighted by molar-refractivity contribution is 5.83. The second-order valence-corrected chi connectivity index (χ2v) is 3.85. The van der Waals surface area contributed by atoms with Crippen LogP contribution in [0.15, 0.2) is 24.3 Å². The van der Waals surface area contributed by atoms with Crippen LogP contribution in [0.5, 0.6) is 0 Å². The number of nitrogens with two attached hydrogens (primary N) is 1. The summed E-state index contributed by atoms with van der Waals surface area (Å²) in [4.78, 5) is 11.6. The maximum Gasteiger partial charge on any atom is 0.416 e. The van der Waals surface area contributed by atoms with Gasteiger partial charge < -0.3 is 15.8 Å². The van der Waals surface area contributed by atoms with Crippen LogP contribution in [0.25, 0.3) is 0 Å². The van der Waals surface area contributed by atoms with E-state index in [1.54, 1.807) is 0 Å². The number of carbonyl (C=O) groups is 1. The molecule has 0 spiro atoms. The van der Waals surface area contributed by atoms with E-state index < -0.39 is 23.7 Å². The van der Waals surface area contributed by atoms with E-state index in [1.165, 1.54) is 25.3 Å². The Bertz CT molecular complexity index is 436. The molecule has 1 amide bonds. The van der Waals surface area contributed by atoms with Crippen molar-refractivity contribution in [3.05, 3.63) is 35.4 Å². The summed E-state index contributed by atoms with van der Waals surface area (Å²) in [6.45, 7) is 0.455. The Hall–Kier alpha value is -1.60. The molecule has 3 N–H and O–H groups in total. The zero-order valence-electron chi connectivity index (χ0n) is 10.3. The van der Waals surface area contributed by atoms with Crippen LogP contribution in [0.4, 0.5) is 13.2 Å². The molecule has 1 aromatic rings. The summed E-state index contributed by atoms with van der Waals surface area (Å²) in [6.07, 6.45) is -4.54. The molecule has 1 rings (SSSR count). The number of nitrogens with one attached hydrogen (secondary N) is 1. The maximum absolute atomic E-state index is 12.8. The predicted molar refractivity (Wildman–Crippen MR) is 70.0 cm³/mol. The lowest BCUT2D eigenvalue weighted by atomic mass is 10.00. The molecule has 1 atom stereocenters. The molecule has 0 saturated carbocycles. The van der Waals surface area contributed by atoms with E-state index in [2.05, 4.69) is 5.32 Å². The van der Waals surface area contributed by atoms with Gasteiger partial charge in [-0.2, -0.15) is 13.2 Å². The second-order valence-electron chi connectivity index (χ2n) is 3.85. The van der Waals surface area contributed by atoms with Crippen molar-refractivity contribution in [1.82, 2.24) is 5.32 Å². The van der Waals surface area contributed by atoms with Gasteiger partial charge >= 0.3 is 6.18 Å². The van der Waals surface area contributed by atoms with Gasteiger partial charge in [-0.1, -0.05) is 25.6 Å². The first kappa shape index (κ1) is 18.4. The molecule has 4 nitrogen and oxygen atoms in total. The Morgan fingerprint density at radius 2 is 2.00 bits per heavy atom. The Balaban J connectivity index is 0.00000361. The first-order chi connectivity index (χ1) is 8.88. The third kappa shape index (κ3) is 4.82. The van der Waals surface area contributed by atoms with Crippen LogP contribution in [-0.2, 0) is 15.7 Å². The molecule has 1 unspecified atom stereocenters. The van der Waals surface area contributed by atoms with Crippen LogP contribution in [-0.4, -0.2) is 26.2 Å². The Morgan fingerprint density at radius 3 is 2.55 bits per heavy atom. The fourth-order valence-electron chi connectivity index (χ4n) is 1.55. The normalized spacial score (nSPS) is 12.4. The summed E-state index contributed by atoms with van der Waals surface area (Å²) >= 11 is 0. The Morgan fingerprint density at radius 1 is 1.40 bits per heavy atom. The summed E-state index contributed by atoms with van der Waals surface area (Å²) in [7, 11) is 1.45. The molecule has 0 heterocycles. The second kappa shape index (κ2) is 7.86. The average molecular weight is 292 g/mol. The molecule has 7 heteroatoms. The first-order valence-electron chi connectivity index (χ1n) is 5.56. The van der Waals surface area contributed by atoms with Crippen molar-refractivity contribution in [3.63, 3.8) is 0 Å². The summed E-state index contributed by atoms with van der Waals surface area (Å²) < 4.78 is 43.0. The highest BCUT2D eigenvalue weighted by Crippen LogP contribution is 2.33. The lowest BCUT2D eigenvalue weighted by molar-refractivity contribution is -0.138. The van der Waals surface area contributed by atoms with E-state index in [-0.39, 0.29) is 26.1 Å². The molecule has 0 aliphatic heterocycles. The molecule has 0 bridgehead atoms. The van der Waals surface area contributed by atoms with Gasteiger partial charge in [-0.15, -0.1) is 0 Å². The predicted octanol–water partition coefficient (Wildman–Crippen LogP) is 2.10. The molecule has 1 aromatic carbocycles. The standard InChI is InChI=1S/C12H15F3N2O2.CH4/c1-19-7-6-17-11(18)10(16)8-4-2-3-5-9(8)12(13,14)15;/h2-5,10H,6-7,16H2,1H3,(H,17,18);1H4. The van der Waals surface area contributed by atoms with Gasteiger partial charge in [0.25, 0.3) is 0 Å². The molecule has 0 saturated heterocycles. The van der Waals surface area contributed by atoms with Crippen LogP contribution in [0.3, 0.4) is 0 Å². The summed E-state index contributed by atoms with van der Waals surface area (Å²) in [5.74, 6) is -0.672. The van der Waals surface area contributed by atoms with Crippen LogP contribution < -0.4 is 11.1 Å². The lowest BCUT2D eigenvalue weighted by Crippen LogP contribution is -2.36. The molecule has 0 aliphatic carbocycles. The van der Waals surface area contributed by atoms with E-state index in [0.29, 0.717) is 0 Å². The molecule has 0 aliphatic rings. The first-order valence-corrected chi connectivity index (χ1v) is 5.56. The topological polar surface area (TPSA) is 64.3 Å². The third-order valence-corrected chi connectivity index (χ3v) is 2.49. The van der Waals surface area contributed by atoms with Crippen molar-refractivity contribution in [2.75, 3.05) is 20.3 Å². The van der Waals surface area contributed by atoms with Gasteiger partial charge in [0, 0.05) is 13.7 Å². The number of carbonyl (C=O) groups excluding carboxylic acids is 1. The smallest absolute Gasteiger partial charge is 0.383 e. The van der Waals surface area contributed by atoms with E-state index in [0.717, 1.165) is 6.07 Å².